The zero-order valence-corrected chi connectivity index (χ0v) is 14.7. The maximum atomic E-state index is 12.7. The Morgan fingerprint density at radius 1 is 1.27 bits per heavy atom. The molecule has 0 saturated heterocycles. The molecule has 0 unspecified atom stereocenters. The maximum Gasteiger partial charge on any atom is 0.435 e. The lowest BCUT2D eigenvalue weighted by atomic mass is 10.2. The number of hydrogen-bond donors (Lipinski definition) is 1. The summed E-state index contributed by atoms with van der Waals surface area (Å²) in [6, 6.07) is 4.53. The van der Waals surface area contributed by atoms with Gasteiger partial charge < -0.3 is 10.1 Å². The molecule has 1 N–H and O–H groups in total. The summed E-state index contributed by atoms with van der Waals surface area (Å²) < 4.78 is 48.5. The summed E-state index contributed by atoms with van der Waals surface area (Å²) in [7, 11) is 3.00. The summed E-state index contributed by atoms with van der Waals surface area (Å²) in [5.74, 6) is 1.01. The molecule has 11 heteroatoms. The number of pyridine rings is 1. The fraction of sp³-hybridized carbons (Fsp3) is 0.333. The first kappa shape index (κ1) is 18.3. The van der Waals surface area contributed by atoms with Gasteiger partial charge in [-0.15, -0.1) is 0 Å². The number of methoxy groups -OCH3 is 1. The van der Waals surface area contributed by atoms with Gasteiger partial charge in [0.05, 0.1) is 12.8 Å². The van der Waals surface area contributed by atoms with E-state index in [-0.39, 0.29) is 6.54 Å². The summed E-state index contributed by atoms with van der Waals surface area (Å²) in [5.41, 5.74) is 0.309. The molecule has 3 aromatic heterocycles. The lowest BCUT2D eigenvalue weighted by Gasteiger charge is -2.02. The van der Waals surface area contributed by atoms with E-state index < -0.39 is 11.9 Å². The van der Waals surface area contributed by atoms with Crippen molar-refractivity contribution in [3.05, 3.63) is 40.8 Å². The molecule has 26 heavy (non-hydrogen) atoms. The molecule has 3 aromatic rings. The minimum absolute atomic E-state index is 0.234. The summed E-state index contributed by atoms with van der Waals surface area (Å²) in [6.45, 7) is 0.615. The molecule has 0 spiro atoms. The van der Waals surface area contributed by atoms with Gasteiger partial charge in [-0.05, 0) is 23.7 Å². The molecule has 0 aliphatic rings. The molecule has 0 aliphatic carbocycles. The van der Waals surface area contributed by atoms with E-state index in [1.807, 2.05) is 0 Å². The van der Waals surface area contributed by atoms with Crippen LogP contribution in [0.2, 0.25) is 0 Å². The van der Waals surface area contributed by atoms with Crippen LogP contribution in [0.4, 0.5) is 13.2 Å². The average molecular weight is 384 g/mol. The van der Waals surface area contributed by atoms with Gasteiger partial charge in [0.1, 0.15) is 5.01 Å². The Morgan fingerprint density at radius 3 is 2.77 bits per heavy atom. The Hall–Kier alpha value is -2.53. The number of aryl methyl sites for hydroxylation is 1. The number of ether oxygens (including phenoxy) is 1. The van der Waals surface area contributed by atoms with Gasteiger partial charge in [-0.25, -0.2) is 9.97 Å². The highest BCUT2D eigenvalue weighted by molar-refractivity contribution is 7.05. The highest BCUT2D eigenvalue weighted by atomic mass is 32.1. The first-order valence-corrected chi connectivity index (χ1v) is 8.28. The monoisotopic (exact) mass is 384 g/mol. The van der Waals surface area contributed by atoms with Crippen molar-refractivity contribution >= 4 is 11.5 Å². The van der Waals surface area contributed by atoms with Crippen LogP contribution < -0.4 is 10.1 Å². The molecule has 0 saturated carbocycles. The van der Waals surface area contributed by atoms with Gasteiger partial charge in [0.15, 0.2) is 11.5 Å². The molecular formula is C15H15F3N6OS. The van der Waals surface area contributed by atoms with Crippen LogP contribution in [0.25, 0.3) is 11.4 Å². The number of rotatable bonds is 6. The molecule has 0 bridgehead atoms. The minimum Gasteiger partial charge on any atom is -0.481 e. The van der Waals surface area contributed by atoms with Crippen LogP contribution in [0.1, 0.15) is 16.4 Å². The van der Waals surface area contributed by atoms with Crippen molar-refractivity contribution in [2.75, 3.05) is 7.11 Å². The van der Waals surface area contributed by atoms with E-state index in [9.17, 15) is 13.2 Å². The number of halogens is 3. The zero-order chi connectivity index (χ0) is 18.7. The molecule has 3 heterocycles. The molecule has 7 nitrogen and oxygen atoms in total. The predicted molar refractivity (Wildman–Crippen MR) is 88.4 cm³/mol. The SMILES string of the molecule is COc1cc(-c2nsc(CNCc3cc(C(F)(F)F)nn3C)n2)ccn1. The third-order valence-electron chi connectivity index (χ3n) is 3.52. The Kier molecular flexibility index (Phi) is 5.18. The van der Waals surface area contributed by atoms with Crippen LogP contribution in [0, 0.1) is 0 Å². The summed E-state index contributed by atoms with van der Waals surface area (Å²) in [4.78, 5) is 8.44. The fourth-order valence-electron chi connectivity index (χ4n) is 2.21. The van der Waals surface area contributed by atoms with Gasteiger partial charge in [-0.3, -0.25) is 4.68 Å². The van der Waals surface area contributed by atoms with Crippen LogP contribution >= 0.6 is 11.5 Å². The van der Waals surface area contributed by atoms with Crippen LogP contribution in [-0.2, 0) is 26.3 Å². The standard InChI is InChI=1S/C15H15F3N6OS/c1-24-10(6-11(22-24)15(16,17)18)7-19-8-13-21-14(23-26-13)9-3-4-20-12(5-9)25-2/h3-6,19H,7-8H2,1-2H3. The molecule has 0 amide bonds. The summed E-state index contributed by atoms with van der Waals surface area (Å²) in [6.07, 6.45) is -2.84. The Labute approximate surface area is 151 Å². The van der Waals surface area contributed by atoms with E-state index in [0.29, 0.717) is 29.0 Å². The van der Waals surface area contributed by atoms with Crippen LogP contribution in [0.15, 0.2) is 24.4 Å². The number of nitrogens with one attached hydrogen (secondary N) is 1. The summed E-state index contributed by atoms with van der Waals surface area (Å²) >= 11 is 1.22. The van der Waals surface area contributed by atoms with Crippen LogP contribution in [0.3, 0.4) is 0 Å². The van der Waals surface area contributed by atoms with E-state index in [2.05, 4.69) is 24.8 Å². The first-order valence-electron chi connectivity index (χ1n) is 7.50. The quantitative estimate of drug-likeness (QED) is 0.704. The lowest BCUT2D eigenvalue weighted by Crippen LogP contribution is -2.15. The van der Waals surface area contributed by atoms with Gasteiger partial charge in [0.2, 0.25) is 5.88 Å². The second kappa shape index (κ2) is 7.38. The van der Waals surface area contributed by atoms with E-state index in [1.54, 1.807) is 18.3 Å². The van der Waals surface area contributed by atoms with Crippen molar-refractivity contribution in [1.82, 2.24) is 29.4 Å². The van der Waals surface area contributed by atoms with Gasteiger partial charge >= 0.3 is 6.18 Å². The highest BCUT2D eigenvalue weighted by Crippen LogP contribution is 2.28. The number of aromatic nitrogens is 5. The average Bonchev–Trinajstić information content (AvgIpc) is 3.22. The molecule has 0 radical (unpaired) electrons. The van der Waals surface area contributed by atoms with Gasteiger partial charge in [0, 0.05) is 38.0 Å². The smallest absolute Gasteiger partial charge is 0.435 e. The van der Waals surface area contributed by atoms with Gasteiger partial charge in [0.25, 0.3) is 0 Å². The van der Waals surface area contributed by atoms with Gasteiger partial charge in [-0.1, -0.05) is 0 Å². The molecule has 0 fully saturated rings. The third kappa shape index (κ3) is 4.17. The molecule has 0 aliphatic heterocycles. The Balaban J connectivity index is 1.61. The van der Waals surface area contributed by atoms with E-state index in [0.717, 1.165) is 11.6 Å². The fourth-order valence-corrected chi connectivity index (χ4v) is 2.84. The molecule has 3 rings (SSSR count). The van der Waals surface area contributed by atoms with E-state index in [4.69, 9.17) is 4.74 Å². The number of alkyl halides is 3. The van der Waals surface area contributed by atoms with Crippen molar-refractivity contribution in [3.8, 4) is 17.3 Å². The highest BCUT2D eigenvalue weighted by Gasteiger charge is 2.34. The number of hydrogen-bond acceptors (Lipinski definition) is 7. The minimum atomic E-state index is -4.45. The zero-order valence-electron chi connectivity index (χ0n) is 13.9. The largest absolute Gasteiger partial charge is 0.481 e. The van der Waals surface area contributed by atoms with Gasteiger partial charge in [-0.2, -0.15) is 22.6 Å². The number of nitrogens with zero attached hydrogens (tertiary/aromatic N) is 5. The third-order valence-corrected chi connectivity index (χ3v) is 4.23. The second-order valence-corrected chi connectivity index (χ2v) is 6.18. The van der Waals surface area contributed by atoms with Crippen LogP contribution in [-0.4, -0.2) is 31.2 Å². The Bertz CT molecular complexity index is 892. The molecular weight excluding hydrogens is 369 g/mol. The van der Waals surface area contributed by atoms with Crippen molar-refractivity contribution in [2.45, 2.75) is 19.3 Å². The molecule has 0 aromatic carbocycles. The van der Waals surface area contributed by atoms with E-state index >= 15 is 0 Å². The van der Waals surface area contributed by atoms with Crippen molar-refractivity contribution in [1.29, 1.82) is 0 Å². The van der Waals surface area contributed by atoms with Crippen molar-refractivity contribution < 1.29 is 17.9 Å². The van der Waals surface area contributed by atoms with Crippen molar-refractivity contribution in [2.24, 2.45) is 7.05 Å². The lowest BCUT2D eigenvalue weighted by molar-refractivity contribution is -0.141. The van der Waals surface area contributed by atoms with Crippen molar-refractivity contribution in [3.63, 3.8) is 0 Å². The Morgan fingerprint density at radius 2 is 2.08 bits per heavy atom. The summed E-state index contributed by atoms with van der Waals surface area (Å²) in [5, 5.41) is 7.25. The maximum absolute atomic E-state index is 12.7. The molecule has 0 atom stereocenters. The normalized spacial score (nSPS) is 11.7. The predicted octanol–water partition coefficient (Wildman–Crippen LogP) is 2.65. The van der Waals surface area contributed by atoms with Crippen LogP contribution in [0.5, 0.6) is 5.88 Å². The first-order chi connectivity index (χ1) is 12.4. The topological polar surface area (TPSA) is 77.8 Å². The molecule has 138 valence electrons. The second-order valence-electron chi connectivity index (χ2n) is 5.34. The van der Waals surface area contributed by atoms with E-state index in [1.165, 1.54) is 30.4 Å².